The van der Waals surface area contributed by atoms with Crippen LogP contribution in [0.15, 0.2) is 28.1 Å². The molecule has 2 rings (SSSR count). The average Bonchev–Trinajstić information content (AvgIpc) is 2.81. The molecule has 2 heterocycles. The first-order valence-corrected chi connectivity index (χ1v) is 8.08. The van der Waals surface area contributed by atoms with Crippen LogP contribution in [0.1, 0.15) is 18.7 Å². The summed E-state index contributed by atoms with van der Waals surface area (Å²) < 4.78 is 6.73. The fourth-order valence-corrected chi connectivity index (χ4v) is 2.97. The van der Waals surface area contributed by atoms with Crippen molar-refractivity contribution < 1.29 is 4.74 Å². The molecule has 0 saturated heterocycles. The van der Waals surface area contributed by atoms with Gasteiger partial charge in [-0.1, -0.05) is 13.8 Å². The van der Waals surface area contributed by atoms with Gasteiger partial charge in [0.15, 0.2) is 0 Å². The van der Waals surface area contributed by atoms with Crippen molar-refractivity contribution in [3.8, 4) is 5.88 Å². The Balaban J connectivity index is 2.01. The van der Waals surface area contributed by atoms with E-state index < -0.39 is 0 Å². The number of pyridine rings is 1. The van der Waals surface area contributed by atoms with Crippen molar-refractivity contribution in [2.24, 2.45) is 5.92 Å². The number of aromatic nitrogens is 1. The van der Waals surface area contributed by atoms with E-state index in [4.69, 9.17) is 10.5 Å². The van der Waals surface area contributed by atoms with E-state index in [0.29, 0.717) is 24.1 Å². The molecular weight excluding hydrogens is 338 g/mol. The minimum absolute atomic E-state index is 0.440. The molecule has 2 aromatic heterocycles. The highest BCUT2D eigenvalue weighted by Crippen LogP contribution is 2.25. The number of thiophene rings is 1. The Kier molecular flexibility index (Phi) is 5.25. The third-order valence-corrected chi connectivity index (χ3v) is 4.49. The molecule has 0 aliphatic carbocycles. The van der Waals surface area contributed by atoms with Gasteiger partial charge in [0.25, 0.3) is 0 Å². The summed E-state index contributed by atoms with van der Waals surface area (Å²) in [4.78, 5) is 5.63. The zero-order chi connectivity index (χ0) is 14.5. The number of rotatable bonds is 6. The first-order chi connectivity index (χ1) is 9.56. The zero-order valence-electron chi connectivity index (χ0n) is 11.5. The van der Waals surface area contributed by atoms with Gasteiger partial charge in [-0.2, -0.15) is 4.98 Å². The van der Waals surface area contributed by atoms with Crippen LogP contribution in [-0.4, -0.2) is 11.6 Å². The molecule has 0 amide bonds. The summed E-state index contributed by atoms with van der Waals surface area (Å²) in [6.45, 7) is 5.51. The van der Waals surface area contributed by atoms with E-state index in [1.54, 1.807) is 11.3 Å². The molecule has 108 valence electrons. The number of hydrogen-bond donors (Lipinski definition) is 2. The number of nitrogens with two attached hydrogens (primary N) is 1. The summed E-state index contributed by atoms with van der Waals surface area (Å²) in [5.41, 5.74) is 6.43. The maximum absolute atomic E-state index is 5.87. The predicted octanol–water partition coefficient (Wildman–Crippen LogP) is 4.13. The lowest BCUT2D eigenvalue weighted by atomic mass is 10.2. The lowest BCUT2D eigenvalue weighted by Gasteiger charge is -2.12. The third kappa shape index (κ3) is 4.11. The number of nitrogens with zero attached hydrogens (tertiary/aromatic N) is 1. The van der Waals surface area contributed by atoms with Crippen molar-refractivity contribution >= 4 is 38.8 Å². The highest BCUT2D eigenvalue weighted by atomic mass is 79.9. The average molecular weight is 356 g/mol. The van der Waals surface area contributed by atoms with Crippen LogP contribution in [0, 0.1) is 5.92 Å². The van der Waals surface area contributed by atoms with Gasteiger partial charge in [0.1, 0.15) is 5.82 Å². The third-order valence-electron chi connectivity index (χ3n) is 2.56. The lowest BCUT2D eigenvalue weighted by Crippen LogP contribution is -2.09. The Hall–Kier alpha value is -1.27. The van der Waals surface area contributed by atoms with Gasteiger partial charge in [-0.3, -0.25) is 0 Å². The molecule has 0 unspecified atom stereocenters. The molecule has 3 N–H and O–H groups in total. The number of anilines is 2. The topological polar surface area (TPSA) is 60.2 Å². The molecule has 0 aliphatic heterocycles. The van der Waals surface area contributed by atoms with E-state index in [0.717, 1.165) is 16.8 Å². The standard InChI is InChI=1S/C14H18BrN3OS/c1-9(2)8-19-14-11(16)3-4-13(18-14)17-7-12-10(15)5-6-20-12/h3-6,9H,7-8,16H2,1-2H3,(H,17,18). The second kappa shape index (κ2) is 6.95. The molecule has 6 heteroatoms. The van der Waals surface area contributed by atoms with Crippen LogP contribution in [0.5, 0.6) is 5.88 Å². The quantitative estimate of drug-likeness (QED) is 0.817. The Labute approximate surface area is 131 Å². The van der Waals surface area contributed by atoms with E-state index in [2.05, 4.69) is 45.5 Å². The fraction of sp³-hybridized carbons (Fsp3) is 0.357. The Morgan fingerprint density at radius 3 is 2.85 bits per heavy atom. The van der Waals surface area contributed by atoms with E-state index in [9.17, 15) is 0 Å². The summed E-state index contributed by atoms with van der Waals surface area (Å²) in [5, 5.41) is 5.33. The second-order valence-corrected chi connectivity index (χ2v) is 6.70. The summed E-state index contributed by atoms with van der Waals surface area (Å²) >= 11 is 5.21. The molecule has 0 saturated carbocycles. The van der Waals surface area contributed by atoms with Gasteiger partial charge >= 0.3 is 0 Å². The van der Waals surface area contributed by atoms with Crippen molar-refractivity contribution in [2.45, 2.75) is 20.4 Å². The summed E-state index contributed by atoms with van der Waals surface area (Å²) in [6.07, 6.45) is 0. The normalized spacial score (nSPS) is 10.8. The highest BCUT2D eigenvalue weighted by Gasteiger charge is 2.07. The molecule has 20 heavy (non-hydrogen) atoms. The maximum Gasteiger partial charge on any atom is 0.239 e. The lowest BCUT2D eigenvalue weighted by molar-refractivity contribution is 0.263. The molecule has 0 bridgehead atoms. The van der Waals surface area contributed by atoms with Crippen LogP contribution in [0.2, 0.25) is 0 Å². The van der Waals surface area contributed by atoms with Gasteiger partial charge in [0, 0.05) is 9.35 Å². The first kappa shape index (κ1) is 15.1. The largest absolute Gasteiger partial charge is 0.476 e. The van der Waals surface area contributed by atoms with Crippen molar-refractivity contribution in [3.63, 3.8) is 0 Å². The second-order valence-electron chi connectivity index (χ2n) is 4.84. The van der Waals surface area contributed by atoms with Crippen LogP contribution in [-0.2, 0) is 6.54 Å². The molecule has 0 aliphatic rings. The van der Waals surface area contributed by atoms with Crippen molar-refractivity contribution in [3.05, 3.63) is 32.9 Å². The molecule has 0 radical (unpaired) electrons. The summed E-state index contributed by atoms with van der Waals surface area (Å²) in [5.74, 6) is 1.70. The summed E-state index contributed by atoms with van der Waals surface area (Å²) in [7, 11) is 0. The number of nitrogen functional groups attached to an aromatic ring is 1. The van der Waals surface area contributed by atoms with Gasteiger partial charge in [0.05, 0.1) is 18.8 Å². The van der Waals surface area contributed by atoms with Gasteiger partial charge in [-0.25, -0.2) is 0 Å². The van der Waals surface area contributed by atoms with E-state index >= 15 is 0 Å². The minimum Gasteiger partial charge on any atom is -0.476 e. The minimum atomic E-state index is 0.440. The van der Waals surface area contributed by atoms with Crippen molar-refractivity contribution in [1.29, 1.82) is 0 Å². The van der Waals surface area contributed by atoms with Gasteiger partial charge in [-0.05, 0) is 45.4 Å². The molecule has 4 nitrogen and oxygen atoms in total. The van der Waals surface area contributed by atoms with Crippen LogP contribution in [0.4, 0.5) is 11.5 Å². The zero-order valence-corrected chi connectivity index (χ0v) is 13.9. The Morgan fingerprint density at radius 1 is 1.40 bits per heavy atom. The van der Waals surface area contributed by atoms with Crippen LogP contribution >= 0.6 is 27.3 Å². The Morgan fingerprint density at radius 2 is 2.20 bits per heavy atom. The number of nitrogens with one attached hydrogen (secondary N) is 1. The number of hydrogen-bond acceptors (Lipinski definition) is 5. The highest BCUT2D eigenvalue weighted by molar-refractivity contribution is 9.10. The van der Waals surface area contributed by atoms with Crippen molar-refractivity contribution in [1.82, 2.24) is 4.98 Å². The summed E-state index contributed by atoms with van der Waals surface area (Å²) in [6, 6.07) is 5.71. The predicted molar refractivity (Wildman–Crippen MR) is 88.3 cm³/mol. The number of halogens is 1. The number of ether oxygens (including phenoxy) is 1. The Bertz CT molecular complexity index is 571. The van der Waals surface area contributed by atoms with Gasteiger partial charge in [-0.15, -0.1) is 11.3 Å². The van der Waals surface area contributed by atoms with Crippen LogP contribution < -0.4 is 15.8 Å². The van der Waals surface area contributed by atoms with Crippen LogP contribution in [0.25, 0.3) is 0 Å². The van der Waals surface area contributed by atoms with Gasteiger partial charge in [0.2, 0.25) is 5.88 Å². The smallest absolute Gasteiger partial charge is 0.239 e. The SMILES string of the molecule is CC(C)COc1nc(NCc2sccc2Br)ccc1N. The first-order valence-electron chi connectivity index (χ1n) is 6.41. The van der Waals surface area contributed by atoms with Crippen molar-refractivity contribution in [2.75, 3.05) is 17.7 Å². The van der Waals surface area contributed by atoms with Crippen LogP contribution in [0.3, 0.4) is 0 Å². The molecule has 0 fully saturated rings. The molecular formula is C14H18BrN3OS. The molecule has 0 spiro atoms. The van der Waals surface area contributed by atoms with E-state index in [1.165, 1.54) is 4.88 Å². The maximum atomic E-state index is 5.87. The molecule has 0 atom stereocenters. The monoisotopic (exact) mass is 355 g/mol. The van der Waals surface area contributed by atoms with E-state index in [1.807, 2.05) is 18.2 Å². The van der Waals surface area contributed by atoms with E-state index in [-0.39, 0.29) is 0 Å². The van der Waals surface area contributed by atoms with Gasteiger partial charge < -0.3 is 15.8 Å². The fourth-order valence-electron chi connectivity index (χ4n) is 1.53. The molecule has 0 aromatic carbocycles. The molecule has 2 aromatic rings.